The molecule has 98 valence electrons. The van der Waals surface area contributed by atoms with Crippen LogP contribution in [0.1, 0.15) is 0 Å². The summed E-state index contributed by atoms with van der Waals surface area (Å²) in [6.07, 6.45) is 11.0. The third-order valence-electron chi connectivity index (χ3n) is 3.33. The van der Waals surface area contributed by atoms with Crippen LogP contribution >= 0.6 is 0 Å². The molecule has 0 atom stereocenters. The molecule has 0 aliphatic rings. The maximum atomic E-state index is 4.40. The molecule has 0 N–H and O–H groups in total. The molecule has 0 radical (unpaired) electrons. The molecule has 0 amide bonds. The third-order valence-corrected chi connectivity index (χ3v) is 3.33. The second-order valence-electron chi connectivity index (χ2n) is 4.61. The van der Waals surface area contributed by atoms with Crippen LogP contribution < -0.4 is 0 Å². The monoisotopic (exact) mass is 256 g/mol. The molecule has 0 spiro atoms. The van der Waals surface area contributed by atoms with Crippen LogP contribution in [0, 0.1) is 0 Å². The van der Waals surface area contributed by atoms with Crippen LogP contribution in [0.5, 0.6) is 0 Å². The summed E-state index contributed by atoms with van der Waals surface area (Å²) in [5.74, 6) is 0. The molecule has 0 bridgehead atoms. The molecular formula is C11H15BN7-. The smallest absolute Gasteiger partial charge is 0.418 e. The van der Waals surface area contributed by atoms with Gasteiger partial charge in [-0.1, -0.05) is 0 Å². The van der Waals surface area contributed by atoms with E-state index in [9.17, 15) is 0 Å². The molecule has 7 nitrogen and oxygen atoms in total. The molecule has 0 saturated carbocycles. The van der Waals surface area contributed by atoms with Gasteiger partial charge in [-0.25, -0.2) is 15.3 Å². The van der Waals surface area contributed by atoms with Crippen LogP contribution in [0.4, 0.5) is 0 Å². The Balaban J connectivity index is 2.30. The lowest BCUT2D eigenvalue weighted by Crippen LogP contribution is -2.68. The molecule has 3 aromatic heterocycles. The summed E-state index contributed by atoms with van der Waals surface area (Å²) in [4.78, 5) is 2.06. The van der Waals surface area contributed by atoms with E-state index < -0.39 is 6.69 Å². The van der Waals surface area contributed by atoms with Gasteiger partial charge in [0.2, 0.25) is 0 Å². The summed E-state index contributed by atoms with van der Waals surface area (Å²) in [7, 11) is 3.98. The van der Waals surface area contributed by atoms with Gasteiger partial charge in [0.1, 0.15) is 0 Å². The van der Waals surface area contributed by atoms with Crippen molar-refractivity contribution in [3.63, 3.8) is 0 Å². The fraction of sp³-hybridized carbons (Fsp3) is 0.182. The highest BCUT2D eigenvalue weighted by molar-refractivity contribution is 6.71. The van der Waals surface area contributed by atoms with Crippen molar-refractivity contribution in [2.24, 2.45) is 0 Å². The standard InChI is InChI=1S/C11H15BN7/c1-16(2)12(17-9-3-6-13-17,18-10-4-7-14-18)19-11-5-8-15-19/h3-11H,1-2H3/q-1. The summed E-state index contributed by atoms with van der Waals surface area (Å²) in [5, 5.41) is 13.2. The molecule has 0 unspecified atom stereocenters. The molecule has 0 saturated heterocycles. The summed E-state index contributed by atoms with van der Waals surface area (Å²) >= 11 is 0. The number of aromatic nitrogens is 6. The van der Waals surface area contributed by atoms with Crippen molar-refractivity contribution in [2.45, 2.75) is 0 Å². The topological polar surface area (TPSA) is 56.7 Å². The van der Waals surface area contributed by atoms with Crippen LogP contribution in [0.15, 0.2) is 55.4 Å². The highest BCUT2D eigenvalue weighted by atomic mass is 15.5. The predicted octanol–water partition coefficient (Wildman–Crippen LogP) is 0.218. The van der Waals surface area contributed by atoms with Crippen molar-refractivity contribution in [3.05, 3.63) is 55.4 Å². The first-order valence-electron chi connectivity index (χ1n) is 6.08. The van der Waals surface area contributed by atoms with E-state index in [2.05, 4.69) is 20.1 Å². The van der Waals surface area contributed by atoms with Crippen LogP contribution in [-0.2, 0) is 0 Å². The summed E-state index contributed by atoms with van der Waals surface area (Å²) in [6.45, 7) is -1.60. The largest absolute Gasteiger partial charge is 0.419 e. The fourth-order valence-electron chi connectivity index (χ4n) is 2.53. The molecule has 0 aromatic carbocycles. The van der Waals surface area contributed by atoms with E-state index in [0.717, 1.165) is 0 Å². The molecule has 19 heavy (non-hydrogen) atoms. The van der Waals surface area contributed by atoms with E-state index in [4.69, 9.17) is 0 Å². The van der Waals surface area contributed by atoms with Crippen molar-refractivity contribution in [3.8, 4) is 0 Å². The maximum Gasteiger partial charge on any atom is 0.418 e. The van der Waals surface area contributed by atoms with Crippen LogP contribution in [0.2, 0.25) is 0 Å². The third kappa shape index (κ3) is 1.60. The Morgan fingerprint density at radius 2 is 1.11 bits per heavy atom. The van der Waals surface area contributed by atoms with E-state index in [1.807, 2.05) is 64.7 Å². The average molecular weight is 256 g/mol. The Labute approximate surface area is 111 Å². The summed E-state index contributed by atoms with van der Waals surface area (Å²) in [5.41, 5.74) is 0. The first kappa shape index (κ1) is 11.7. The molecule has 3 rings (SSSR count). The highest BCUT2D eigenvalue weighted by Gasteiger charge is 2.37. The Kier molecular flexibility index (Phi) is 2.71. The molecule has 8 heteroatoms. The molecule has 0 aliphatic heterocycles. The van der Waals surface area contributed by atoms with Gasteiger partial charge in [0, 0.05) is 18.6 Å². The van der Waals surface area contributed by atoms with Crippen LogP contribution in [-0.4, -0.2) is 54.7 Å². The van der Waals surface area contributed by atoms with Gasteiger partial charge >= 0.3 is 6.69 Å². The molecule has 3 heterocycles. The second-order valence-corrected chi connectivity index (χ2v) is 4.61. The van der Waals surface area contributed by atoms with Gasteiger partial charge in [-0.3, -0.25) is 0 Å². The van der Waals surface area contributed by atoms with Gasteiger partial charge in [0.25, 0.3) is 0 Å². The normalized spacial score (nSPS) is 12.2. The van der Waals surface area contributed by atoms with Gasteiger partial charge in [-0.05, 0) is 50.9 Å². The summed E-state index contributed by atoms with van der Waals surface area (Å²) < 4.78 is 5.62. The average Bonchev–Trinajstić information content (AvgIpc) is 3.15. The van der Waals surface area contributed by atoms with Crippen molar-refractivity contribution >= 4 is 6.69 Å². The second kappa shape index (κ2) is 4.40. The van der Waals surface area contributed by atoms with Gasteiger partial charge in [0.15, 0.2) is 0 Å². The van der Waals surface area contributed by atoms with Crippen molar-refractivity contribution in [1.82, 2.24) is 33.9 Å². The Morgan fingerprint density at radius 3 is 1.32 bits per heavy atom. The zero-order valence-electron chi connectivity index (χ0n) is 10.9. The lowest BCUT2D eigenvalue weighted by Gasteiger charge is -2.46. The number of hydrogen-bond acceptors (Lipinski definition) is 4. The van der Waals surface area contributed by atoms with E-state index in [-0.39, 0.29) is 0 Å². The summed E-state index contributed by atoms with van der Waals surface area (Å²) in [6, 6.07) is 5.69. The Morgan fingerprint density at radius 1 is 0.737 bits per heavy atom. The number of rotatable bonds is 4. The van der Waals surface area contributed by atoms with Crippen molar-refractivity contribution in [1.29, 1.82) is 0 Å². The molecule has 0 fully saturated rings. The van der Waals surface area contributed by atoms with Gasteiger partial charge in [-0.2, -0.15) is 0 Å². The number of nitrogens with zero attached hydrogens (tertiary/aromatic N) is 7. The lowest BCUT2D eigenvalue weighted by molar-refractivity contribution is 0.506. The molecular weight excluding hydrogens is 241 g/mol. The van der Waals surface area contributed by atoms with Crippen molar-refractivity contribution < 1.29 is 0 Å². The minimum atomic E-state index is -1.60. The van der Waals surface area contributed by atoms with Gasteiger partial charge in [-0.15, -0.1) is 0 Å². The minimum absolute atomic E-state index is 1.60. The first-order valence-corrected chi connectivity index (χ1v) is 6.08. The SMILES string of the molecule is CN(C)[B-](n1cccn1)(n1cccn1)n1cccn1. The Bertz CT molecular complexity index is 528. The van der Waals surface area contributed by atoms with Crippen LogP contribution in [0.3, 0.4) is 0 Å². The van der Waals surface area contributed by atoms with E-state index in [0.29, 0.717) is 0 Å². The van der Waals surface area contributed by atoms with E-state index in [1.165, 1.54) is 0 Å². The lowest BCUT2D eigenvalue weighted by atomic mass is 9.73. The van der Waals surface area contributed by atoms with E-state index in [1.54, 1.807) is 18.6 Å². The van der Waals surface area contributed by atoms with Gasteiger partial charge in [0.05, 0.1) is 0 Å². The quantitative estimate of drug-likeness (QED) is 0.626. The molecule has 3 aromatic rings. The fourth-order valence-corrected chi connectivity index (χ4v) is 2.53. The number of hydrogen-bond donors (Lipinski definition) is 0. The predicted molar refractivity (Wildman–Crippen MR) is 72.3 cm³/mol. The van der Waals surface area contributed by atoms with E-state index >= 15 is 0 Å². The first-order chi connectivity index (χ1) is 9.26. The van der Waals surface area contributed by atoms with Gasteiger partial charge < -0.3 is 18.6 Å². The Hall–Kier alpha value is -2.35. The zero-order valence-corrected chi connectivity index (χ0v) is 10.9. The minimum Gasteiger partial charge on any atom is -0.419 e. The highest BCUT2D eigenvalue weighted by Crippen LogP contribution is 2.13. The maximum absolute atomic E-state index is 4.40. The van der Waals surface area contributed by atoms with Crippen LogP contribution in [0.25, 0.3) is 0 Å². The molecule has 0 aliphatic carbocycles. The van der Waals surface area contributed by atoms with Crippen molar-refractivity contribution in [2.75, 3.05) is 14.1 Å². The zero-order chi connectivity index (χ0) is 13.3.